The first-order chi connectivity index (χ1) is 19.1. The van der Waals surface area contributed by atoms with Gasteiger partial charge in [0.2, 0.25) is 5.91 Å². The Morgan fingerprint density at radius 3 is 2.45 bits per heavy atom. The number of hydrogen-bond donors (Lipinski definition) is 2. The Morgan fingerprint density at radius 2 is 1.82 bits per heavy atom. The number of thiocarbonyl (C=S) groups is 1. The van der Waals surface area contributed by atoms with Crippen LogP contribution in [-0.4, -0.2) is 38.7 Å². The molecule has 5 atom stereocenters. The summed E-state index contributed by atoms with van der Waals surface area (Å²) < 4.78 is 0.859. The minimum absolute atomic E-state index is 0.0871. The van der Waals surface area contributed by atoms with Crippen molar-refractivity contribution in [3.8, 4) is 0 Å². The smallest absolute Gasteiger partial charge is 0.230 e. The van der Waals surface area contributed by atoms with Gasteiger partial charge in [-0.1, -0.05) is 109 Å². The Kier molecular flexibility index (Phi) is 19.4. The highest BCUT2D eigenvalue weighted by Gasteiger charge is 2.48. The van der Waals surface area contributed by atoms with Crippen LogP contribution in [-0.2, 0) is 4.79 Å². The third-order valence-corrected chi connectivity index (χ3v) is 11.4. The van der Waals surface area contributed by atoms with Gasteiger partial charge in [-0.25, -0.2) is 0 Å². The van der Waals surface area contributed by atoms with Crippen molar-refractivity contribution >= 4 is 45.2 Å². The van der Waals surface area contributed by atoms with Crippen LogP contribution in [0.2, 0.25) is 0 Å². The molecule has 0 aromatic heterocycles. The average molecular weight is 612 g/mol. The number of aliphatic hydroxyl groups is 1. The van der Waals surface area contributed by atoms with Crippen LogP contribution in [0.4, 0.5) is 0 Å². The van der Waals surface area contributed by atoms with Crippen molar-refractivity contribution in [3.05, 3.63) is 23.3 Å². The summed E-state index contributed by atoms with van der Waals surface area (Å²) in [4.78, 5) is 11.5. The largest absolute Gasteiger partial charge is 0.393 e. The van der Waals surface area contributed by atoms with Gasteiger partial charge in [0.05, 0.1) is 11.9 Å². The summed E-state index contributed by atoms with van der Waals surface area (Å²) in [6.45, 7) is 18.3. The van der Waals surface area contributed by atoms with E-state index in [4.69, 9.17) is 12.2 Å². The van der Waals surface area contributed by atoms with Crippen LogP contribution in [0.1, 0.15) is 126 Å². The van der Waals surface area contributed by atoms with Crippen molar-refractivity contribution in [1.82, 2.24) is 5.32 Å². The quantitative estimate of drug-likeness (QED) is 0.254. The maximum absolute atomic E-state index is 11.5. The number of thioether (sulfide) groups is 2. The third kappa shape index (κ3) is 13.3. The summed E-state index contributed by atoms with van der Waals surface area (Å²) in [5, 5.41) is 12.8. The van der Waals surface area contributed by atoms with Gasteiger partial charge in [0.15, 0.2) is 0 Å². The normalized spacial score (nSPS) is 28.7. The van der Waals surface area contributed by atoms with Gasteiger partial charge < -0.3 is 10.4 Å². The van der Waals surface area contributed by atoms with Gasteiger partial charge in [0.1, 0.15) is 3.53 Å². The summed E-state index contributed by atoms with van der Waals surface area (Å²) in [5.74, 6) is 4.51. The van der Waals surface area contributed by atoms with Crippen LogP contribution in [0.15, 0.2) is 23.3 Å². The lowest BCUT2D eigenvalue weighted by Gasteiger charge is -2.42. The molecule has 3 aliphatic rings. The predicted octanol–water partition coefficient (Wildman–Crippen LogP) is 9.98. The fourth-order valence-corrected chi connectivity index (χ4v) is 8.96. The van der Waals surface area contributed by atoms with Gasteiger partial charge >= 0.3 is 0 Å². The van der Waals surface area contributed by atoms with Gasteiger partial charge in [-0.05, 0) is 99.0 Å². The highest BCUT2D eigenvalue weighted by atomic mass is 32.2. The van der Waals surface area contributed by atoms with E-state index in [1.807, 2.05) is 13.8 Å². The van der Waals surface area contributed by atoms with Gasteiger partial charge in [-0.2, -0.15) is 0 Å². The van der Waals surface area contributed by atoms with E-state index in [0.717, 1.165) is 53.3 Å². The van der Waals surface area contributed by atoms with Crippen LogP contribution >= 0.6 is 35.7 Å². The zero-order chi connectivity index (χ0) is 30.1. The SMILES string of the molecule is CC.CCSC(=S)SCC(=O)NCC(C)CC(C)C.CC[C@H]1CCC2/C(=C/C=C3/CCC[C@H](O)C3)CCC[C@@]21C. The number of amides is 1. The monoisotopic (exact) mass is 611 g/mol. The fourth-order valence-electron chi connectivity index (χ4n) is 6.98. The molecule has 3 rings (SSSR count). The second-order valence-corrected chi connectivity index (χ2v) is 15.9. The number of allylic oxidation sites excluding steroid dienone is 3. The van der Waals surface area contributed by atoms with Gasteiger partial charge in [0, 0.05) is 6.54 Å². The number of fused-ring (bicyclic) bond motifs is 1. The molecule has 0 saturated heterocycles. The third-order valence-electron chi connectivity index (χ3n) is 8.82. The average Bonchev–Trinajstić information content (AvgIpc) is 3.27. The summed E-state index contributed by atoms with van der Waals surface area (Å²) in [7, 11) is 0. The molecule has 2 unspecified atom stereocenters. The Morgan fingerprint density at radius 1 is 1.10 bits per heavy atom. The molecule has 2 N–H and O–H groups in total. The number of hydrogen-bond acceptors (Lipinski definition) is 5. The minimum atomic E-state index is -0.0871. The van der Waals surface area contributed by atoms with Crippen LogP contribution < -0.4 is 5.32 Å². The Labute approximate surface area is 262 Å². The number of aliphatic hydroxyl groups excluding tert-OH is 1. The lowest BCUT2D eigenvalue weighted by molar-refractivity contribution is -0.118. The summed E-state index contributed by atoms with van der Waals surface area (Å²) in [5.41, 5.74) is 3.76. The first kappa shape index (κ1) is 37.7. The first-order valence-corrected chi connectivity index (χ1v) is 18.6. The van der Waals surface area contributed by atoms with E-state index >= 15 is 0 Å². The van der Waals surface area contributed by atoms with E-state index in [2.05, 4.69) is 59.0 Å². The Hall–Kier alpha value is -0.300. The van der Waals surface area contributed by atoms with Crippen LogP contribution in [0.5, 0.6) is 0 Å². The van der Waals surface area contributed by atoms with Crippen molar-refractivity contribution < 1.29 is 9.90 Å². The topological polar surface area (TPSA) is 49.3 Å². The summed E-state index contributed by atoms with van der Waals surface area (Å²) >= 11 is 8.19. The second kappa shape index (κ2) is 20.6. The first-order valence-electron chi connectivity index (χ1n) is 16.2. The molecule has 3 nitrogen and oxygen atoms in total. The standard InChI is InChI=1S/C20H32O.C12H23NOS3.C2H6/c1-3-17-11-12-19-16(7-5-13-20(17,19)2)10-9-15-6-4-8-18(21)14-15;1-5-16-12(15)17-8-11(14)13-7-10(4)6-9(2)3;1-2/h9-10,17-19,21H,3-8,11-14H2,1-2H3;9-10H,5-8H2,1-4H3,(H,13,14);1-2H3/b15-9-,16-10+;;/t17-,18-,19?,20+;;/m0../s1. The van der Waals surface area contributed by atoms with Gasteiger partial charge in [0.25, 0.3) is 0 Å². The molecule has 0 spiro atoms. The maximum Gasteiger partial charge on any atom is 0.230 e. The molecule has 0 bridgehead atoms. The molecular formula is C34H61NO2S3. The zero-order valence-electron chi connectivity index (χ0n) is 27.0. The van der Waals surface area contributed by atoms with Gasteiger partial charge in [-0.15, -0.1) is 11.8 Å². The second-order valence-electron chi connectivity index (χ2n) is 12.4. The Bertz CT molecular complexity index is 809. The molecule has 3 fully saturated rings. The molecule has 0 aromatic rings. The molecule has 0 radical (unpaired) electrons. The van der Waals surface area contributed by atoms with E-state index in [1.54, 1.807) is 17.3 Å². The van der Waals surface area contributed by atoms with E-state index in [0.29, 0.717) is 23.0 Å². The van der Waals surface area contributed by atoms with E-state index < -0.39 is 0 Å². The summed E-state index contributed by atoms with van der Waals surface area (Å²) in [6, 6.07) is 0. The molecule has 3 aliphatic carbocycles. The Balaban J connectivity index is 0.000000386. The molecule has 0 aromatic carbocycles. The molecule has 232 valence electrons. The number of nitrogens with one attached hydrogen (secondary N) is 1. The van der Waals surface area contributed by atoms with Crippen molar-refractivity contribution in [1.29, 1.82) is 0 Å². The van der Waals surface area contributed by atoms with Crippen molar-refractivity contribution in [2.45, 2.75) is 132 Å². The van der Waals surface area contributed by atoms with Crippen molar-refractivity contribution in [3.63, 3.8) is 0 Å². The lowest BCUT2D eigenvalue weighted by Crippen LogP contribution is -2.32. The molecule has 0 heterocycles. The fraction of sp³-hybridized carbons (Fsp3) is 0.824. The van der Waals surface area contributed by atoms with Crippen LogP contribution in [0.25, 0.3) is 0 Å². The molecular weight excluding hydrogens is 551 g/mol. The van der Waals surface area contributed by atoms with Crippen molar-refractivity contribution in [2.24, 2.45) is 29.1 Å². The van der Waals surface area contributed by atoms with E-state index in [9.17, 15) is 9.90 Å². The zero-order valence-corrected chi connectivity index (χ0v) is 29.5. The maximum atomic E-state index is 11.5. The number of rotatable bonds is 9. The molecule has 3 saturated carbocycles. The minimum Gasteiger partial charge on any atom is -0.393 e. The molecule has 1 amide bonds. The van der Waals surface area contributed by atoms with E-state index in [1.165, 1.54) is 62.3 Å². The van der Waals surface area contributed by atoms with Gasteiger partial charge in [-0.3, -0.25) is 4.79 Å². The van der Waals surface area contributed by atoms with Crippen LogP contribution in [0, 0.1) is 29.1 Å². The van der Waals surface area contributed by atoms with Crippen molar-refractivity contribution in [2.75, 3.05) is 18.1 Å². The highest BCUT2D eigenvalue weighted by molar-refractivity contribution is 8.47. The number of carbonyl (C=O) groups is 1. The molecule has 6 heteroatoms. The van der Waals surface area contributed by atoms with E-state index in [-0.39, 0.29) is 12.0 Å². The lowest BCUT2D eigenvalue weighted by atomic mass is 9.63. The van der Waals surface area contributed by atoms with Crippen LogP contribution in [0.3, 0.4) is 0 Å². The predicted molar refractivity (Wildman–Crippen MR) is 185 cm³/mol. The summed E-state index contributed by atoms with van der Waals surface area (Å²) in [6.07, 6.45) is 18.5. The molecule has 0 aliphatic heterocycles. The highest BCUT2D eigenvalue weighted by Crippen LogP contribution is 2.58. The molecule has 40 heavy (non-hydrogen) atoms. The number of carbonyl (C=O) groups excluding carboxylic acids is 1.